The zero-order valence-electron chi connectivity index (χ0n) is 10.2. The smallest absolute Gasteiger partial charge is 0.325 e. The van der Waals surface area contributed by atoms with Crippen molar-refractivity contribution in [3.05, 3.63) is 58.0 Å². The summed E-state index contributed by atoms with van der Waals surface area (Å²) in [5.74, 6) is -0.822. The number of pyridine rings is 1. The lowest BCUT2D eigenvalue weighted by Crippen LogP contribution is -2.05. The molecular weight excluding hydrogens is 266 g/mol. The Labute approximate surface area is 111 Å². The molecule has 0 spiro atoms. The van der Waals surface area contributed by atoms with Crippen molar-refractivity contribution in [2.45, 2.75) is 6.54 Å². The van der Waals surface area contributed by atoms with E-state index in [-0.39, 0.29) is 17.8 Å². The molecule has 0 saturated carbocycles. The average Bonchev–Trinajstić information content (AvgIpc) is 2.77. The fourth-order valence-electron chi connectivity index (χ4n) is 1.90. The third-order valence-electron chi connectivity index (χ3n) is 2.88. The number of H-pyrrole nitrogens is 2. The van der Waals surface area contributed by atoms with E-state index in [0.717, 1.165) is 0 Å². The van der Waals surface area contributed by atoms with Crippen molar-refractivity contribution in [1.29, 1.82) is 0 Å². The summed E-state index contributed by atoms with van der Waals surface area (Å²) in [6, 6.07) is 6.97. The van der Waals surface area contributed by atoms with Crippen molar-refractivity contribution in [3.63, 3.8) is 0 Å². The second-order valence-corrected chi connectivity index (χ2v) is 4.23. The summed E-state index contributed by atoms with van der Waals surface area (Å²) in [4.78, 5) is 20.3. The van der Waals surface area contributed by atoms with Gasteiger partial charge in [-0.3, -0.25) is 4.98 Å². The lowest BCUT2D eigenvalue weighted by molar-refractivity contribution is 0.560. The van der Waals surface area contributed by atoms with E-state index in [9.17, 15) is 13.6 Å². The predicted octanol–water partition coefficient (Wildman–Crippen LogP) is 2.14. The number of hydrogen-bond donors (Lipinski definition) is 3. The van der Waals surface area contributed by atoms with Gasteiger partial charge in [0, 0.05) is 12.1 Å². The lowest BCUT2D eigenvalue weighted by atomic mass is 10.2. The molecule has 1 aromatic carbocycles. The van der Waals surface area contributed by atoms with Crippen LogP contribution < -0.4 is 11.0 Å². The van der Waals surface area contributed by atoms with Crippen molar-refractivity contribution in [1.82, 2.24) is 15.0 Å². The molecule has 0 fully saturated rings. The van der Waals surface area contributed by atoms with Crippen LogP contribution in [0, 0.1) is 11.6 Å². The first-order valence-electron chi connectivity index (χ1n) is 5.89. The normalized spacial score (nSPS) is 10.9. The molecule has 2 heterocycles. The standard InChI is InChI=1S/C13H10F2N4O/c14-8-2-1-3-9(15)7(8)6-16-11-5-4-10-12(18-11)19-13(20)17-10/h1-5H,6H2,(H3,16,17,18,19,20). The van der Waals surface area contributed by atoms with Crippen molar-refractivity contribution in [2.75, 3.05) is 5.32 Å². The third kappa shape index (κ3) is 2.25. The molecule has 102 valence electrons. The van der Waals surface area contributed by atoms with E-state index < -0.39 is 11.6 Å². The predicted molar refractivity (Wildman–Crippen MR) is 70.4 cm³/mol. The highest BCUT2D eigenvalue weighted by Crippen LogP contribution is 2.15. The summed E-state index contributed by atoms with van der Waals surface area (Å²) in [5.41, 5.74) is 0.536. The first-order valence-corrected chi connectivity index (χ1v) is 5.89. The van der Waals surface area contributed by atoms with E-state index in [0.29, 0.717) is 17.0 Å². The summed E-state index contributed by atoms with van der Waals surface area (Å²) in [5, 5.41) is 2.82. The Morgan fingerprint density at radius 3 is 2.60 bits per heavy atom. The van der Waals surface area contributed by atoms with Gasteiger partial charge in [-0.05, 0) is 24.3 Å². The van der Waals surface area contributed by atoms with Crippen LogP contribution in [-0.4, -0.2) is 15.0 Å². The fraction of sp³-hybridized carbons (Fsp3) is 0.0769. The third-order valence-corrected chi connectivity index (χ3v) is 2.88. The first kappa shape index (κ1) is 12.3. The van der Waals surface area contributed by atoms with Gasteiger partial charge >= 0.3 is 5.69 Å². The number of aromatic nitrogens is 3. The van der Waals surface area contributed by atoms with E-state index in [2.05, 4.69) is 20.3 Å². The minimum absolute atomic E-state index is 0.0360. The fourth-order valence-corrected chi connectivity index (χ4v) is 1.90. The minimum atomic E-state index is -0.617. The molecule has 0 amide bonds. The van der Waals surface area contributed by atoms with Crippen molar-refractivity contribution >= 4 is 17.0 Å². The first-order chi connectivity index (χ1) is 9.63. The van der Waals surface area contributed by atoms with Gasteiger partial charge in [0.05, 0.1) is 5.52 Å². The maximum absolute atomic E-state index is 13.5. The van der Waals surface area contributed by atoms with Crippen LogP contribution in [0.25, 0.3) is 11.2 Å². The van der Waals surface area contributed by atoms with Gasteiger partial charge in [-0.2, -0.15) is 0 Å². The molecule has 0 aliphatic heterocycles. The molecule has 0 bridgehead atoms. The van der Waals surface area contributed by atoms with Crippen LogP contribution in [-0.2, 0) is 6.54 Å². The Morgan fingerprint density at radius 1 is 1.10 bits per heavy atom. The molecule has 2 aromatic heterocycles. The lowest BCUT2D eigenvalue weighted by Gasteiger charge is -2.07. The van der Waals surface area contributed by atoms with E-state index in [1.807, 2.05) is 0 Å². The Morgan fingerprint density at radius 2 is 1.85 bits per heavy atom. The van der Waals surface area contributed by atoms with Gasteiger partial charge in [0.2, 0.25) is 0 Å². The SMILES string of the molecule is O=c1[nH]c2ccc(NCc3c(F)cccc3F)nc2[nH]1. The number of hydrogen-bond acceptors (Lipinski definition) is 3. The Kier molecular flexibility index (Phi) is 2.94. The molecule has 5 nitrogen and oxygen atoms in total. The summed E-state index contributed by atoms with van der Waals surface area (Å²) in [6.45, 7) is -0.0360. The molecule has 3 aromatic rings. The van der Waals surface area contributed by atoms with Crippen molar-refractivity contribution in [2.24, 2.45) is 0 Å². The van der Waals surface area contributed by atoms with Crippen molar-refractivity contribution < 1.29 is 8.78 Å². The number of fused-ring (bicyclic) bond motifs is 1. The molecule has 0 aliphatic carbocycles. The highest BCUT2D eigenvalue weighted by atomic mass is 19.1. The maximum Gasteiger partial charge on any atom is 0.325 e. The quantitative estimate of drug-likeness (QED) is 0.686. The second-order valence-electron chi connectivity index (χ2n) is 4.23. The topological polar surface area (TPSA) is 73.6 Å². The molecule has 20 heavy (non-hydrogen) atoms. The largest absolute Gasteiger partial charge is 0.366 e. The van der Waals surface area contributed by atoms with E-state index in [4.69, 9.17) is 0 Å². The molecule has 0 saturated heterocycles. The molecule has 7 heteroatoms. The highest BCUT2D eigenvalue weighted by molar-refractivity contribution is 5.71. The molecule has 0 atom stereocenters. The van der Waals surface area contributed by atoms with E-state index >= 15 is 0 Å². The van der Waals surface area contributed by atoms with Gasteiger partial charge in [-0.15, -0.1) is 0 Å². The maximum atomic E-state index is 13.5. The number of aromatic amines is 2. The molecule has 0 aliphatic rings. The number of anilines is 1. The van der Waals surface area contributed by atoms with E-state index in [1.54, 1.807) is 12.1 Å². The Balaban J connectivity index is 1.84. The summed E-state index contributed by atoms with van der Waals surface area (Å²) in [6.07, 6.45) is 0. The summed E-state index contributed by atoms with van der Waals surface area (Å²) in [7, 11) is 0. The van der Waals surface area contributed by atoms with Crippen molar-refractivity contribution in [3.8, 4) is 0 Å². The zero-order valence-corrected chi connectivity index (χ0v) is 10.2. The Hall–Kier alpha value is -2.70. The van der Waals surface area contributed by atoms with Crippen LogP contribution in [0.2, 0.25) is 0 Å². The minimum Gasteiger partial charge on any atom is -0.366 e. The van der Waals surface area contributed by atoms with E-state index in [1.165, 1.54) is 18.2 Å². The number of halogens is 2. The van der Waals surface area contributed by atoms with Gasteiger partial charge in [-0.25, -0.2) is 18.6 Å². The van der Waals surface area contributed by atoms with Crippen LogP contribution in [0.1, 0.15) is 5.56 Å². The molecule has 0 radical (unpaired) electrons. The number of benzene rings is 1. The van der Waals surface area contributed by atoms with Crippen LogP contribution >= 0.6 is 0 Å². The van der Waals surface area contributed by atoms with Gasteiger partial charge in [0.1, 0.15) is 17.5 Å². The zero-order chi connectivity index (χ0) is 14.1. The van der Waals surface area contributed by atoms with Gasteiger partial charge < -0.3 is 10.3 Å². The molecule has 0 unspecified atom stereocenters. The molecular formula is C13H10F2N4O. The van der Waals surface area contributed by atoms with Gasteiger partial charge in [-0.1, -0.05) is 6.07 Å². The van der Waals surface area contributed by atoms with Gasteiger partial charge in [0.15, 0.2) is 5.65 Å². The number of nitrogens with one attached hydrogen (secondary N) is 3. The Bertz CT molecular complexity index is 804. The molecule has 3 N–H and O–H groups in total. The summed E-state index contributed by atoms with van der Waals surface area (Å²) >= 11 is 0. The number of imidazole rings is 1. The second kappa shape index (κ2) is 4.76. The van der Waals surface area contributed by atoms with Crippen LogP contribution in [0.4, 0.5) is 14.6 Å². The van der Waals surface area contributed by atoms with Crippen LogP contribution in [0.5, 0.6) is 0 Å². The average molecular weight is 276 g/mol. The monoisotopic (exact) mass is 276 g/mol. The van der Waals surface area contributed by atoms with Crippen LogP contribution in [0.3, 0.4) is 0 Å². The number of nitrogens with zero attached hydrogens (tertiary/aromatic N) is 1. The summed E-state index contributed by atoms with van der Waals surface area (Å²) < 4.78 is 26.9. The molecule has 3 rings (SSSR count). The van der Waals surface area contributed by atoms with Gasteiger partial charge in [0.25, 0.3) is 0 Å². The number of rotatable bonds is 3. The highest BCUT2D eigenvalue weighted by Gasteiger charge is 2.08. The van der Waals surface area contributed by atoms with Crippen LogP contribution in [0.15, 0.2) is 35.1 Å².